The van der Waals surface area contributed by atoms with Crippen molar-refractivity contribution in [2.45, 2.75) is 51.0 Å². The molecule has 4 aromatic rings. The average molecular weight is 496 g/mol. The van der Waals surface area contributed by atoms with E-state index in [-0.39, 0.29) is 11.8 Å². The number of ether oxygens (including phenoxy) is 1. The number of benzene rings is 2. The van der Waals surface area contributed by atoms with Crippen molar-refractivity contribution in [1.82, 2.24) is 19.3 Å². The number of carbonyl (C=O) groups excluding carboxylic acids is 1. The SMILES string of the molecule is Nc1nccn2c(C3CCC(C(=O)N4CCCC4)CC3)nc(-c3cccc(OCc4ccccc4)c3)c12. The number of anilines is 1. The Morgan fingerprint density at radius 2 is 1.78 bits per heavy atom. The highest BCUT2D eigenvalue weighted by atomic mass is 16.5. The third-order valence-corrected chi connectivity index (χ3v) is 7.83. The molecule has 1 amide bonds. The molecular formula is C30H33N5O2. The number of aromatic nitrogens is 3. The smallest absolute Gasteiger partial charge is 0.225 e. The number of nitrogens with zero attached hydrogens (tertiary/aromatic N) is 4. The van der Waals surface area contributed by atoms with E-state index < -0.39 is 0 Å². The first-order valence-electron chi connectivity index (χ1n) is 13.4. The van der Waals surface area contributed by atoms with Crippen LogP contribution in [0.3, 0.4) is 0 Å². The Morgan fingerprint density at radius 1 is 1.00 bits per heavy atom. The van der Waals surface area contributed by atoms with Gasteiger partial charge in [-0.15, -0.1) is 0 Å². The van der Waals surface area contributed by atoms with Gasteiger partial charge in [-0.2, -0.15) is 0 Å². The van der Waals surface area contributed by atoms with Crippen molar-refractivity contribution in [1.29, 1.82) is 0 Å². The number of amides is 1. The summed E-state index contributed by atoms with van der Waals surface area (Å²) in [6.07, 6.45) is 9.68. The maximum absolute atomic E-state index is 12.9. The van der Waals surface area contributed by atoms with Gasteiger partial charge >= 0.3 is 0 Å². The van der Waals surface area contributed by atoms with Crippen molar-refractivity contribution in [2.75, 3.05) is 18.8 Å². The van der Waals surface area contributed by atoms with E-state index in [1.54, 1.807) is 6.20 Å². The molecule has 0 bridgehead atoms. The number of rotatable bonds is 6. The molecule has 1 saturated carbocycles. The molecule has 2 aromatic heterocycles. The molecule has 2 aliphatic rings. The molecule has 37 heavy (non-hydrogen) atoms. The topological polar surface area (TPSA) is 85.8 Å². The molecule has 0 atom stereocenters. The largest absolute Gasteiger partial charge is 0.489 e. The lowest BCUT2D eigenvalue weighted by atomic mass is 9.81. The van der Waals surface area contributed by atoms with E-state index >= 15 is 0 Å². The van der Waals surface area contributed by atoms with Crippen LogP contribution < -0.4 is 10.5 Å². The molecule has 190 valence electrons. The Balaban J connectivity index is 1.25. The fourth-order valence-corrected chi connectivity index (χ4v) is 5.84. The molecule has 2 N–H and O–H groups in total. The summed E-state index contributed by atoms with van der Waals surface area (Å²) in [4.78, 5) is 24.5. The summed E-state index contributed by atoms with van der Waals surface area (Å²) in [5, 5.41) is 0. The number of likely N-dealkylation sites (tertiary alicyclic amines) is 1. The summed E-state index contributed by atoms with van der Waals surface area (Å²) in [5.74, 6) is 3.03. The predicted molar refractivity (Wildman–Crippen MR) is 144 cm³/mol. The van der Waals surface area contributed by atoms with Gasteiger partial charge in [0.2, 0.25) is 5.91 Å². The first kappa shape index (κ1) is 23.5. The van der Waals surface area contributed by atoms with Gasteiger partial charge in [-0.05, 0) is 56.2 Å². The van der Waals surface area contributed by atoms with Gasteiger partial charge < -0.3 is 15.4 Å². The van der Waals surface area contributed by atoms with Crippen molar-refractivity contribution in [3.05, 3.63) is 78.4 Å². The van der Waals surface area contributed by atoms with E-state index in [0.717, 1.165) is 85.5 Å². The van der Waals surface area contributed by atoms with Crippen molar-refractivity contribution in [3.8, 4) is 17.0 Å². The van der Waals surface area contributed by atoms with Gasteiger partial charge in [-0.3, -0.25) is 9.20 Å². The fraction of sp³-hybridized carbons (Fsp3) is 0.367. The van der Waals surface area contributed by atoms with Gasteiger partial charge in [0.1, 0.15) is 35.2 Å². The van der Waals surface area contributed by atoms with E-state index in [0.29, 0.717) is 18.3 Å². The summed E-state index contributed by atoms with van der Waals surface area (Å²) < 4.78 is 8.18. The Bertz CT molecular complexity index is 1390. The minimum atomic E-state index is 0.144. The van der Waals surface area contributed by atoms with Crippen LogP contribution in [-0.2, 0) is 11.4 Å². The van der Waals surface area contributed by atoms with Crippen molar-refractivity contribution < 1.29 is 9.53 Å². The molecule has 1 aliphatic heterocycles. The van der Waals surface area contributed by atoms with Crippen LogP contribution in [-0.4, -0.2) is 38.3 Å². The number of nitrogen functional groups attached to an aromatic ring is 1. The van der Waals surface area contributed by atoms with Crippen LogP contribution >= 0.6 is 0 Å². The van der Waals surface area contributed by atoms with Crippen LogP contribution in [0.2, 0.25) is 0 Å². The maximum atomic E-state index is 12.9. The van der Waals surface area contributed by atoms with Crippen LogP contribution in [0.4, 0.5) is 5.82 Å². The minimum absolute atomic E-state index is 0.144. The predicted octanol–water partition coefficient (Wildman–Crippen LogP) is 5.45. The lowest BCUT2D eigenvalue weighted by molar-refractivity contribution is -0.135. The number of imidazole rings is 1. The summed E-state index contributed by atoms with van der Waals surface area (Å²) in [6, 6.07) is 18.2. The Labute approximate surface area is 217 Å². The van der Waals surface area contributed by atoms with E-state index in [2.05, 4.69) is 26.4 Å². The number of hydrogen-bond acceptors (Lipinski definition) is 5. The van der Waals surface area contributed by atoms with Gasteiger partial charge in [0, 0.05) is 42.9 Å². The first-order valence-corrected chi connectivity index (χ1v) is 13.4. The van der Waals surface area contributed by atoms with Crippen LogP contribution in [0.15, 0.2) is 67.0 Å². The Hall–Kier alpha value is -3.87. The molecule has 7 nitrogen and oxygen atoms in total. The minimum Gasteiger partial charge on any atom is -0.489 e. The van der Waals surface area contributed by atoms with Gasteiger partial charge in [-0.25, -0.2) is 9.97 Å². The average Bonchev–Trinajstić information content (AvgIpc) is 3.62. The third kappa shape index (κ3) is 4.78. The Kier molecular flexibility index (Phi) is 6.51. The zero-order chi connectivity index (χ0) is 25.2. The Morgan fingerprint density at radius 3 is 2.57 bits per heavy atom. The number of carbonyl (C=O) groups is 1. The second-order valence-corrected chi connectivity index (χ2v) is 10.2. The van der Waals surface area contributed by atoms with Crippen molar-refractivity contribution >= 4 is 17.2 Å². The summed E-state index contributed by atoms with van der Waals surface area (Å²) >= 11 is 0. The number of fused-ring (bicyclic) bond motifs is 1. The van der Waals surface area contributed by atoms with Crippen LogP contribution in [0.5, 0.6) is 5.75 Å². The summed E-state index contributed by atoms with van der Waals surface area (Å²) in [7, 11) is 0. The van der Waals surface area contributed by atoms with E-state index in [9.17, 15) is 4.79 Å². The lowest BCUT2D eigenvalue weighted by Gasteiger charge is -2.30. The highest BCUT2D eigenvalue weighted by molar-refractivity contribution is 5.85. The monoisotopic (exact) mass is 495 g/mol. The number of hydrogen-bond donors (Lipinski definition) is 1. The molecule has 3 heterocycles. The van der Waals surface area contributed by atoms with Gasteiger partial charge in [0.25, 0.3) is 0 Å². The zero-order valence-corrected chi connectivity index (χ0v) is 21.1. The van der Waals surface area contributed by atoms with E-state index in [1.165, 1.54) is 0 Å². The fourth-order valence-electron chi connectivity index (χ4n) is 5.84. The van der Waals surface area contributed by atoms with E-state index in [4.69, 9.17) is 15.5 Å². The lowest BCUT2D eigenvalue weighted by Crippen LogP contribution is -2.35. The molecular weight excluding hydrogens is 462 g/mol. The van der Waals surface area contributed by atoms with E-state index in [1.807, 2.05) is 48.7 Å². The maximum Gasteiger partial charge on any atom is 0.225 e. The molecule has 2 fully saturated rings. The first-order chi connectivity index (χ1) is 18.2. The normalized spacial score (nSPS) is 19.8. The summed E-state index contributed by atoms with van der Waals surface area (Å²) in [5.41, 5.74) is 10.1. The zero-order valence-electron chi connectivity index (χ0n) is 21.1. The molecule has 0 unspecified atom stereocenters. The van der Waals surface area contributed by atoms with Gasteiger partial charge in [-0.1, -0.05) is 42.5 Å². The number of nitrogens with two attached hydrogens (primary N) is 1. The quantitative estimate of drug-likeness (QED) is 0.384. The molecule has 2 aromatic carbocycles. The van der Waals surface area contributed by atoms with Crippen LogP contribution in [0.25, 0.3) is 16.8 Å². The van der Waals surface area contributed by atoms with Gasteiger partial charge in [0.05, 0.1) is 0 Å². The molecule has 1 saturated heterocycles. The highest BCUT2D eigenvalue weighted by Gasteiger charge is 2.33. The van der Waals surface area contributed by atoms with Crippen molar-refractivity contribution in [2.24, 2.45) is 5.92 Å². The van der Waals surface area contributed by atoms with Gasteiger partial charge in [0.15, 0.2) is 0 Å². The molecule has 6 rings (SSSR count). The van der Waals surface area contributed by atoms with Crippen LogP contribution in [0.1, 0.15) is 55.8 Å². The van der Waals surface area contributed by atoms with Crippen LogP contribution in [0, 0.1) is 5.92 Å². The molecule has 1 aliphatic carbocycles. The molecule has 7 heteroatoms. The van der Waals surface area contributed by atoms with Crippen molar-refractivity contribution in [3.63, 3.8) is 0 Å². The second kappa shape index (κ2) is 10.2. The highest BCUT2D eigenvalue weighted by Crippen LogP contribution is 2.39. The second-order valence-electron chi connectivity index (χ2n) is 10.2. The third-order valence-electron chi connectivity index (χ3n) is 7.83. The molecule has 0 radical (unpaired) electrons. The summed E-state index contributed by atoms with van der Waals surface area (Å²) in [6.45, 7) is 2.35. The molecule has 0 spiro atoms. The standard InChI is InChI=1S/C30H33N5O2/c31-28-27-26(24-9-6-10-25(19-24)37-20-21-7-2-1-3-8-21)33-29(35(27)18-15-32-28)22-11-13-23(14-12-22)30(36)34-16-4-5-17-34/h1-3,6-10,15,18-19,22-23H,4-5,11-14,16-17,20H2,(H2,31,32).